The number of nitrogens with one attached hydrogen (secondary N) is 3. The molecular formula is C42H63N9O10S. The molecule has 1 aromatic heterocycles. The van der Waals surface area contributed by atoms with Crippen LogP contribution in [0.4, 0.5) is 11.8 Å². The van der Waals surface area contributed by atoms with Gasteiger partial charge in [0.15, 0.2) is 0 Å². The third kappa shape index (κ3) is 16.7. The van der Waals surface area contributed by atoms with E-state index in [1.807, 2.05) is 11.0 Å². The van der Waals surface area contributed by atoms with Crippen molar-refractivity contribution >= 4 is 59.3 Å². The zero-order valence-corrected chi connectivity index (χ0v) is 36.6. The number of allylic oxidation sites excluding steroid dienone is 1. The van der Waals surface area contributed by atoms with E-state index in [-0.39, 0.29) is 75.0 Å². The highest BCUT2D eigenvalue weighted by molar-refractivity contribution is 8.00. The van der Waals surface area contributed by atoms with E-state index in [4.69, 9.17) is 30.8 Å². The number of nitrogens with zero attached hydrogens (tertiary/aromatic N) is 4. The second-order valence-electron chi connectivity index (χ2n) is 15.1. The number of carboxylic acid groups (broad SMARTS) is 2. The van der Waals surface area contributed by atoms with Gasteiger partial charge < -0.3 is 56.7 Å². The Kier molecular flexibility index (Phi) is 21.2. The van der Waals surface area contributed by atoms with E-state index < -0.39 is 29.1 Å². The fraction of sp³-hybridized carbons (Fsp3) is 0.595. The van der Waals surface area contributed by atoms with E-state index in [1.54, 1.807) is 7.11 Å². The molecule has 342 valence electrons. The predicted molar refractivity (Wildman–Crippen MR) is 236 cm³/mol. The summed E-state index contributed by atoms with van der Waals surface area (Å²) in [6.07, 6.45) is 8.17. The van der Waals surface area contributed by atoms with E-state index in [1.165, 1.54) is 0 Å². The van der Waals surface area contributed by atoms with E-state index >= 15 is 0 Å². The van der Waals surface area contributed by atoms with Crippen molar-refractivity contribution < 1.29 is 48.4 Å². The van der Waals surface area contributed by atoms with E-state index in [9.17, 15) is 29.1 Å². The molecule has 0 saturated carbocycles. The summed E-state index contributed by atoms with van der Waals surface area (Å²) in [7, 11) is 1.70. The summed E-state index contributed by atoms with van der Waals surface area (Å²) < 4.78 is 16.9. The van der Waals surface area contributed by atoms with Crippen molar-refractivity contribution in [2.45, 2.75) is 75.6 Å². The average Bonchev–Trinajstić information content (AvgIpc) is 3.65. The summed E-state index contributed by atoms with van der Waals surface area (Å²) in [5, 5.41) is 25.6. The number of rotatable bonds is 29. The van der Waals surface area contributed by atoms with Gasteiger partial charge in [-0.3, -0.25) is 28.9 Å². The normalized spacial score (nSPS) is 15.7. The van der Waals surface area contributed by atoms with Crippen molar-refractivity contribution in [1.29, 1.82) is 0 Å². The lowest BCUT2D eigenvalue weighted by molar-refractivity contribution is -0.139. The lowest BCUT2D eigenvalue weighted by atomic mass is 9.93. The number of fused-ring (bicyclic) bond motifs is 1. The number of piperazine rings is 1. The number of aliphatic carboxylic acids is 2. The Bertz CT molecular complexity index is 1830. The molecule has 1 unspecified atom stereocenters. The third-order valence-corrected chi connectivity index (χ3v) is 11.7. The summed E-state index contributed by atoms with van der Waals surface area (Å²) in [5.74, 6) is -1.52. The molecule has 62 heavy (non-hydrogen) atoms. The molecule has 0 bridgehead atoms. The fourth-order valence-electron chi connectivity index (χ4n) is 6.95. The second kappa shape index (κ2) is 26.5. The number of benzene rings is 1. The van der Waals surface area contributed by atoms with Gasteiger partial charge in [-0.2, -0.15) is 4.98 Å². The molecule has 3 amide bonds. The van der Waals surface area contributed by atoms with Crippen LogP contribution in [0.5, 0.6) is 5.75 Å². The number of carbonyl (C=O) groups is 5. The molecule has 1 saturated heterocycles. The first-order valence-corrected chi connectivity index (χ1v) is 22.2. The molecule has 2 heterocycles. The first-order valence-electron chi connectivity index (χ1n) is 21.2. The third-order valence-electron chi connectivity index (χ3n) is 10.4. The van der Waals surface area contributed by atoms with Crippen LogP contribution >= 0.6 is 11.8 Å². The number of hydrogen-bond donors (Lipinski definition) is 7. The van der Waals surface area contributed by atoms with E-state index in [2.05, 4.69) is 62.0 Å². The van der Waals surface area contributed by atoms with E-state index in [0.717, 1.165) is 97.6 Å². The lowest BCUT2D eigenvalue weighted by Crippen LogP contribution is -2.48. The van der Waals surface area contributed by atoms with Gasteiger partial charge in [-0.25, -0.2) is 4.98 Å². The Morgan fingerprint density at radius 2 is 1.66 bits per heavy atom. The van der Waals surface area contributed by atoms with Crippen molar-refractivity contribution in [3.8, 4) is 5.75 Å². The zero-order valence-electron chi connectivity index (χ0n) is 35.8. The Balaban J connectivity index is 1.04. The summed E-state index contributed by atoms with van der Waals surface area (Å²) in [5.41, 5.74) is 15.6. The van der Waals surface area contributed by atoms with Crippen LogP contribution in [0.15, 0.2) is 24.3 Å². The second-order valence-corrected chi connectivity index (χ2v) is 16.3. The van der Waals surface area contributed by atoms with Gasteiger partial charge in [0, 0.05) is 82.4 Å². The molecule has 2 aromatic rings. The number of aromatic nitrogens is 2. The highest BCUT2D eigenvalue weighted by atomic mass is 32.2. The molecule has 1 aromatic carbocycles. The number of carboxylic acids is 2. The van der Waals surface area contributed by atoms with Crippen LogP contribution in [0.1, 0.15) is 73.8 Å². The van der Waals surface area contributed by atoms with Crippen LogP contribution in [0.25, 0.3) is 6.08 Å². The molecular weight excluding hydrogens is 823 g/mol. The number of anilines is 2. The Morgan fingerprint density at radius 3 is 2.37 bits per heavy atom. The Hall–Kier alpha value is -5.02. The van der Waals surface area contributed by atoms with Crippen LogP contribution in [-0.2, 0) is 46.4 Å². The van der Waals surface area contributed by atoms with Gasteiger partial charge in [-0.05, 0) is 36.1 Å². The number of amides is 3. The number of nitrogen functional groups attached to an aromatic ring is 1. The molecule has 2 aliphatic rings. The SMILES string of the molecule is CCCCCNc1nc(N)nc2c1C(Cc1ccc(CN3CCN(C(=O)CCOCCOCCNC(=O)CCNC(=O)C[C@H](SC[C@H](N)C(=O)O)C(=O)O)CC3)cc1OC)C=C2. The Labute approximate surface area is 367 Å². The zero-order chi connectivity index (χ0) is 44.9. The number of thioether (sulfide) groups is 1. The van der Waals surface area contributed by atoms with Crippen LogP contribution in [0, 0.1) is 0 Å². The topological polar surface area (TPSA) is 274 Å². The standard InChI is InChI=1S/C42H63N9O10S/c1-3-4-5-12-47-39-38-30(8-9-32(38)48-42(44)49-39)24-29-7-6-28(23-33(29)59-2)26-50-15-17-51(18-16-50)37(54)11-19-60-21-22-61-20-14-46-35(52)10-13-45-36(53)25-34(41(57)58)62-27-31(43)40(55)56/h6-9,23,30-31,34H,3-5,10-22,24-27,43H2,1-2H3,(H,45,53)(H,46,52)(H,55,56)(H,57,58)(H3,44,47,48,49)/t30?,31-,34-/m0/s1. The first-order chi connectivity index (χ1) is 29.9. The number of hydrogen-bond acceptors (Lipinski definition) is 15. The van der Waals surface area contributed by atoms with Gasteiger partial charge in [-0.15, -0.1) is 11.8 Å². The highest BCUT2D eigenvalue weighted by Gasteiger charge is 2.27. The van der Waals surface area contributed by atoms with Crippen LogP contribution in [-0.4, -0.2) is 156 Å². The van der Waals surface area contributed by atoms with Crippen molar-refractivity contribution in [3.63, 3.8) is 0 Å². The minimum atomic E-state index is -1.26. The largest absolute Gasteiger partial charge is 0.496 e. The van der Waals surface area contributed by atoms with E-state index in [0.29, 0.717) is 26.3 Å². The van der Waals surface area contributed by atoms with Crippen molar-refractivity contribution in [2.75, 3.05) is 96.2 Å². The number of methoxy groups -OCH3 is 1. The van der Waals surface area contributed by atoms with Gasteiger partial charge in [0.1, 0.15) is 22.9 Å². The molecule has 20 heteroatoms. The molecule has 0 radical (unpaired) electrons. The van der Waals surface area contributed by atoms with Gasteiger partial charge in [0.05, 0.1) is 45.7 Å². The summed E-state index contributed by atoms with van der Waals surface area (Å²) >= 11 is 0.772. The molecule has 9 N–H and O–H groups in total. The summed E-state index contributed by atoms with van der Waals surface area (Å²) in [4.78, 5) is 72.5. The van der Waals surface area contributed by atoms with Crippen molar-refractivity contribution in [1.82, 2.24) is 30.4 Å². The summed E-state index contributed by atoms with van der Waals surface area (Å²) in [6, 6.07) is 5.16. The van der Waals surface area contributed by atoms with Gasteiger partial charge >= 0.3 is 11.9 Å². The quantitative estimate of drug-likeness (QED) is 0.0573. The highest BCUT2D eigenvalue weighted by Crippen LogP contribution is 2.38. The first kappa shape index (κ1) is 49.6. The van der Waals surface area contributed by atoms with Crippen LogP contribution in [0.2, 0.25) is 0 Å². The number of carbonyl (C=O) groups excluding carboxylic acids is 3. The molecule has 1 aliphatic heterocycles. The average molecular weight is 886 g/mol. The Morgan fingerprint density at radius 1 is 0.919 bits per heavy atom. The fourth-order valence-corrected chi connectivity index (χ4v) is 7.94. The number of nitrogens with two attached hydrogens (primary N) is 2. The van der Waals surface area contributed by atoms with Gasteiger partial charge in [0.25, 0.3) is 0 Å². The minimum absolute atomic E-state index is 0.00613. The number of ether oxygens (including phenoxy) is 3. The maximum absolute atomic E-state index is 12.9. The van der Waals surface area contributed by atoms with Crippen molar-refractivity contribution in [2.24, 2.45) is 5.73 Å². The summed E-state index contributed by atoms with van der Waals surface area (Å²) in [6.45, 7) is 7.93. The maximum atomic E-state index is 12.9. The van der Waals surface area contributed by atoms with Gasteiger partial charge in [-0.1, -0.05) is 38.0 Å². The van der Waals surface area contributed by atoms with Gasteiger partial charge in [0.2, 0.25) is 23.7 Å². The lowest BCUT2D eigenvalue weighted by Gasteiger charge is -2.35. The van der Waals surface area contributed by atoms with Crippen LogP contribution < -0.4 is 32.2 Å². The predicted octanol–water partition coefficient (Wildman–Crippen LogP) is 1.70. The molecule has 1 aliphatic carbocycles. The molecule has 19 nitrogen and oxygen atoms in total. The minimum Gasteiger partial charge on any atom is -0.496 e. The molecule has 4 rings (SSSR count). The molecule has 0 spiro atoms. The maximum Gasteiger partial charge on any atom is 0.321 e. The smallest absolute Gasteiger partial charge is 0.321 e. The monoisotopic (exact) mass is 885 g/mol. The van der Waals surface area contributed by atoms with Crippen molar-refractivity contribution in [3.05, 3.63) is 46.7 Å². The van der Waals surface area contributed by atoms with Crippen LogP contribution in [0.3, 0.4) is 0 Å². The molecule has 3 atom stereocenters. The molecule has 1 fully saturated rings. The number of unbranched alkanes of at least 4 members (excludes halogenated alkanes) is 2.